The minimum Gasteiger partial charge on any atom is -0.481 e. The van der Waals surface area contributed by atoms with Gasteiger partial charge in [0.2, 0.25) is 0 Å². The molecule has 0 saturated carbocycles. The van der Waals surface area contributed by atoms with Crippen molar-refractivity contribution in [1.82, 2.24) is 10.2 Å². The lowest BCUT2D eigenvalue weighted by Gasteiger charge is -2.39. The first kappa shape index (κ1) is 19.6. The number of nitrogens with one attached hydrogen (secondary N) is 1. The van der Waals surface area contributed by atoms with Gasteiger partial charge in [-0.3, -0.25) is 4.79 Å². The minimum absolute atomic E-state index is 0. The number of benzene rings is 1. The summed E-state index contributed by atoms with van der Waals surface area (Å²) in [5, 5.41) is 4.44. The lowest BCUT2D eigenvalue weighted by molar-refractivity contribution is -0.140. The van der Waals surface area contributed by atoms with Crippen molar-refractivity contribution in [2.45, 2.75) is 32.3 Å². The topological polar surface area (TPSA) is 41.6 Å². The molecule has 1 unspecified atom stereocenters. The van der Waals surface area contributed by atoms with Crippen LogP contribution in [0.25, 0.3) is 0 Å². The standard InChI is InChI=1S/C17H22Cl2N2O2.ClH/c1-12(23-15-9-13(18)8-14(19)10-15)16(22)21-6-3-17(4-7-21)2-5-20-11-17;/h8-10,12,20H,2-7,11H2,1H3;1H. The van der Waals surface area contributed by atoms with Gasteiger partial charge in [0.05, 0.1) is 0 Å². The van der Waals surface area contributed by atoms with Crippen molar-refractivity contribution in [3.05, 3.63) is 28.2 Å². The van der Waals surface area contributed by atoms with Crippen LogP contribution < -0.4 is 10.1 Å². The Labute approximate surface area is 159 Å². The van der Waals surface area contributed by atoms with Crippen LogP contribution in [0, 0.1) is 5.41 Å². The van der Waals surface area contributed by atoms with Gasteiger partial charge in [-0.25, -0.2) is 0 Å². The smallest absolute Gasteiger partial charge is 0.263 e. The molecular formula is C17H23Cl3N2O2. The van der Waals surface area contributed by atoms with Crippen molar-refractivity contribution in [3.8, 4) is 5.75 Å². The molecule has 2 fully saturated rings. The van der Waals surface area contributed by atoms with Crippen LogP contribution in [0.4, 0.5) is 0 Å². The average Bonchev–Trinajstić information content (AvgIpc) is 2.94. The van der Waals surface area contributed by atoms with E-state index in [0.29, 0.717) is 21.2 Å². The summed E-state index contributed by atoms with van der Waals surface area (Å²) >= 11 is 11.9. The van der Waals surface area contributed by atoms with Gasteiger partial charge in [-0.1, -0.05) is 23.2 Å². The first-order chi connectivity index (χ1) is 11.0. The second kappa shape index (κ2) is 8.13. The monoisotopic (exact) mass is 392 g/mol. The second-order valence-electron chi connectivity index (χ2n) is 6.62. The molecule has 1 spiro atoms. The highest BCUT2D eigenvalue weighted by molar-refractivity contribution is 6.34. The van der Waals surface area contributed by atoms with Crippen LogP contribution in [0.3, 0.4) is 0 Å². The lowest BCUT2D eigenvalue weighted by atomic mass is 9.78. The number of hydrogen-bond donors (Lipinski definition) is 1. The molecule has 4 nitrogen and oxygen atoms in total. The van der Waals surface area contributed by atoms with Crippen LogP contribution in [-0.2, 0) is 4.79 Å². The van der Waals surface area contributed by atoms with E-state index >= 15 is 0 Å². The van der Waals surface area contributed by atoms with Gasteiger partial charge in [-0.2, -0.15) is 0 Å². The first-order valence-electron chi connectivity index (χ1n) is 8.10. The van der Waals surface area contributed by atoms with Gasteiger partial charge in [-0.15, -0.1) is 12.4 Å². The van der Waals surface area contributed by atoms with E-state index in [0.717, 1.165) is 39.0 Å². The molecule has 1 N–H and O–H groups in total. The Morgan fingerprint density at radius 1 is 1.21 bits per heavy atom. The van der Waals surface area contributed by atoms with Crippen LogP contribution in [0.1, 0.15) is 26.2 Å². The van der Waals surface area contributed by atoms with Gasteiger partial charge >= 0.3 is 0 Å². The number of nitrogens with zero attached hydrogens (tertiary/aromatic N) is 1. The third-order valence-corrected chi connectivity index (χ3v) is 5.40. The van der Waals surface area contributed by atoms with Crippen LogP contribution >= 0.6 is 35.6 Å². The number of piperidine rings is 1. The number of halogens is 3. The van der Waals surface area contributed by atoms with Crippen molar-refractivity contribution < 1.29 is 9.53 Å². The maximum Gasteiger partial charge on any atom is 0.263 e. The molecule has 1 amide bonds. The molecule has 2 aliphatic rings. The highest BCUT2D eigenvalue weighted by Crippen LogP contribution is 2.37. The second-order valence-corrected chi connectivity index (χ2v) is 7.49. The molecule has 0 aromatic heterocycles. The van der Waals surface area contributed by atoms with Crippen molar-refractivity contribution in [2.24, 2.45) is 5.41 Å². The van der Waals surface area contributed by atoms with Gasteiger partial charge in [0.1, 0.15) is 5.75 Å². The molecule has 7 heteroatoms. The highest BCUT2D eigenvalue weighted by atomic mass is 35.5. The van der Waals surface area contributed by atoms with E-state index < -0.39 is 6.10 Å². The quantitative estimate of drug-likeness (QED) is 0.849. The molecule has 1 aromatic rings. The summed E-state index contributed by atoms with van der Waals surface area (Å²) in [4.78, 5) is 14.5. The average molecular weight is 394 g/mol. The van der Waals surface area contributed by atoms with E-state index in [9.17, 15) is 4.79 Å². The molecule has 3 rings (SSSR count). The Kier molecular flexibility index (Phi) is 6.66. The molecule has 2 saturated heterocycles. The third kappa shape index (κ3) is 4.48. The van der Waals surface area contributed by atoms with Gasteiger partial charge in [-0.05, 0) is 56.3 Å². The zero-order chi connectivity index (χ0) is 16.4. The van der Waals surface area contributed by atoms with Crippen LogP contribution in [0.15, 0.2) is 18.2 Å². The minimum atomic E-state index is -0.541. The number of hydrogen-bond acceptors (Lipinski definition) is 3. The number of carbonyl (C=O) groups is 1. The number of amides is 1. The van der Waals surface area contributed by atoms with Crippen LogP contribution in [0.2, 0.25) is 10.0 Å². The Balaban J connectivity index is 0.00000208. The highest BCUT2D eigenvalue weighted by Gasteiger charge is 2.38. The largest absolute Gasteiger partial charge is 0.481 e. The van der Waals surface area contributed by atoms with Gasteiger partial charge < -0.3 is 15.0 Å². The molecule has 2 heterocycles. The van der Waals surface area contributed by atoms with Crippen LogP contribution in [-0.4, -0.2) is 43.1 Å². The first-order valence-corrected chi connectivity index (χ1v) is 8.85. The van der Waals surface area contributed by atoms with E-state index in [1.807, 2.05) is 4.90 Å². The molecule has 0 bridgehead atoms. The van der Waals surface area contributed by atoms with Gasteiger partial charge in [0.15, 0.2) is 6.10 Å². The van der Waals surface area contributed by atoms with Crippen molar-refractivity contribution >= 4 is 41.5 Å². The molecular weight excluding hydrogens is 371 g/mol. The Bertz CT molecular complexity index is 561. The lowest BCUT2D eigenvalue weighted by Crippen LogP contribution is -2.48. The fourth-order valence-electron chi connectivity index (χ4n) is 3.53. The zero-order valence-electron chi connectivity index (χ0n) is 13.7. The molecule has 134 valence electrons. The van der Waals surface area contributed by atoms with Gasteiger partial charge in [0.25, 0.3) is 5.91 Å². The van der Waals surface area contributed by atoms with E-state index in [1.54, 1.807) is 25.1 Å². The summed E-state index contributed by atoms with van der Waals surface area (Å²) < 4.78 is 5.74. The Morgan fingerprint density at radius 3 is 2.38 bits per heavy atom. The molecule has 2 aliphatic heterocycles. The van der Waals surface area contributed by atoms with Gasteiger partial charge in [0, 0.05) is 29.7 Å². The molecule has 1 aromatic carbocycles. The fraction of sp³-hybridized carbons (Fsp3) is 0.588. The predicted octanol–water partition coefficient (Wildman–Crippen LogP) is 3.78. The van der Waals surface area contributed by atoms with Crippen LogP contribution in [0.5, 0.6) is 5.75 Å². The van der Waals surface area contributed by atoms with E-state index in [1.165, 1.54) is 6.42 Å². The maximum absolute atomic E-state index is 12.6. The normalized spacial score (nSPS) is 20.5. The molecule has 24 heavy (non-hydrogen) atoms. The summed E-state index contributed by atoms with van der Waals surface area (Å²) in [5.41, 5.74) is 0.404. The maximum atomic E-state index is 12.6. The summed E-state index contributed by atoms with van der Waals surface area (Å²) in [7, 11) is 0. The SMILES string of the molecule is CC(Oc1cc(Cl)cc(Cl)c1)C(=O)N1CCC2(CCNC2)CC1.Cl. The van der Waals surface area contributed by atoms with E-state index in [-0.39, 0.29) is 18.3 Å². The number of rotatable bonds is 3. The summed E-state index contributed by atoms with van der Waals surface area (Å²) in [6, 6.07) is 4.99. The number of carbonyl (C=O) groups excluding carboxylic acids is 1. The number of likely N-dealkylation sites (tertiary alicyclic amines) is 1. The van der Waals surface area contributed by atoms with E-state index in [4.69, 9.17) is 27.9 Å². The Morgan fingerprint density at radius 2 is 1.83 bits per heavy atom. The molecule has 0 radical (unpaired) electrons. The fourth-order valence-corrected chi connectivity index (χ4v) is 4.04. The summed E-state index contributed by atoms with van der Waals surface area (Å²) in [5.74, 6) is 0.554. The predicted molar refractivity (Wildman–Crippen MR) is 99.5 cm³/mol. The van der Waals surface area contributed by atoms with Crippen molar-refractivity contribution in [1.29, 1.82) is 0 Å². The molecule has 1 atom stereocenters. The number of ether oxygens (including phenoxy) is 1. The summed E-state index contributed by atoms with van der Waals surface area (Å²) in [6.07, 6.45) is 2.82. The van der Waals surface area contributed by atoms with Crippen molar-refractivity contribution in [3.63, 3.8) is 0 Å². The third-order valence-electron chi connectivity index (χ3n) is 4.96. The van der Waals surface area contributed by atoms with E-state index in [2.05, 4.69) is 5.32 Å². The molecule has 0 aliphatic carbocycles. The van der Waals surface area contributed by atoms with Crippen molar-refractivity contribution in [2.75, 3.05) is 26.2 Å². The summed E-state index contributed by atoms with van der Waals surface area (Å²) in [6.45, 7) is 5.58. The Hall–Kier alpha value is -0.680. The zero-order valence-corrected chi connectivity index (χ0v) is 16.0.